The predicted octanol–water partition coefficient (Wildman–Crippen LogP) is 14.2. The first-order chi connectivity index (χ1) is 51.0. The van der Waals surface area contributed by atoms with Crippen LogP contribution in [0.2, 0.25) is 0 Å². The van der Waals surface area contributed by atoms with Crippen molar-refractivity contribution >= 4 is 70.5 Å². The van der Waals surface area contributed by atoms with Crippen molar-refractivity contribution < 1.29 is 67.0 Å². The Kier molecular flexibility index (Phi) is 37.2. The van der Waals surface area contributed by atoms with Crippen molar-refractivity contribution in [2.24, 2.45) is 35.5 Å². The zero-order chi connectivity index (χ0) is 79.9. The van der Waals surface area contributed by atoms with Gasteiger partial charge in [0.25, 0.3) is 0 Å². The van der Waals surface area contributed by atoms with Gasteiger partial charge in [-0.15, -0.1) is 0 Å². The van der Waals surface area contributed by atoms with Crippen molar-refractivity contribution in [2.75, 3.05) is 19.7 Å². The summed E-state index contributed by atoms with van der Waals surface area (Å²) in [4.78, 5) is 161. The lowest BCUT2D eigenvalue weighted by molar-refractivity contribution is -0.144. The Balaban J connectivity index is 0.000000400. The van der Waals surface area contributed by atoms with Crippen LogP contribution in [0.3, 0.4) is 0 Å². The lowest BCUT2D eigenvalue weighted by atomic mass is 9.87. The largest absolute Gasteiger partial charge is 0.466 e. The summed E-state index contributed by atoms with van der Waals surface area (Å²) in [6, 6.07) is 16.9. The van der Waals surface area contributed by atoms with Crippen molar-refractivity contribution in [2.45, 2.75) is 281 Å². The third kappa shape index (κ3) is 30.4. The van der Waals surface area contributed by atoms with E-state index in [9.17, 15) is 57.5 Å². The van der Waals surface area contributed by atoms with Crippen molar-refractivity contribution in [3.05, 3.63) is 142 Å². The highest BCUT2D eigenvalue weighted by Gasteiger charge is 2.40. The number of ketones is 5. The number of unbranched alkanes of at least 4 members (excludes halogenated alkanes) is 3. The van der Waals surface area contributed by atoms with Crippen LogP contribution >= 0.6 is 0 Å². The van der Waals surface area contributed by atoms with E-state index in [0.717, 1.165) is 24.0 Å². The maximum absolute atomic E-state index is 14.4. The molecule has 0 bridgehead atoms. The molecule has 8 atom stereocenters. The van der Waals surface area contributed by atoms with Crippen molar-refractivity contribution in [3.8, 4) is 0 Å². The van der Waals surface area contributed by atoms with Gasteiger partial charge in [0, 0.05) is 77.4 Å². The molecule has 592 valence electrons. The number of alkyl carbamates (subject to hydrolysis) is 1. The molecule has 20 nitrogen and oxygen atoms in total. The molecule has 2 aromatic rings. The normalized spacial score (nSPS) is 18.1. The second kappa shape index (κ2) is 44.7. The van der Waals surface area contributed by atoms with E-state index in [4.69, 9.17) is 9.47 Å². The molecular formula is C88H126N6O14. The first-order valence-electron chi connectivity index (χ1n) is 39.6. The monoisotopic (exact) mass is 1490 g/mol. The summed E-state index contributed by atoms with van der Waals surface area (Å²) in [6.45, 7) is 31.3. The van der Waals surface area contributed by atoms with Crippen LogP contribution in [0.15, 0.2) is 131 Å². The van der Waals surface area contributed by atoms with Crippen LogP contribution in [-0.4, -0.2) is 142 Å². The highest BCUT2D eigenvalue weighted by Crippen LogP contribution is 2.31. The molecule has 2 saturated heterocycles. The average molecular weight is 1490 g/mol. The summed E-state index contributed by atoms with van der Waals surface area (Å²) in [7, 11) is 0. The average Bonchev–Trinajstić information content (AvgIpc) is 1.60. The molecule has 2 aromatic carbocycles. The molecular weight excluding hydrogens is 1360 g/mol. The highest BCUT2D eigenvalue weighted by molar-refractivity contribution is 6.23. The summed E-state index contributed by atoms with van der Waals surface area (Å²) in [5.41, 5.74) is 4.20. The Morgan fingerprint density at radius 1 is 0.537 bits per heavy atom. The predicted molar refractivity (Wildman–Crippen MR) is 423 cm³/mol. The number of hydrogen-bond donors (Lipinski definition) is 4. The molecule has 0 radical (unpaired) electrons. The maximum atomic E-state index is 14.4. The fourth-order valence-electron chi connectivity index (χ4n) is 14.2. The first kappa shape index (κ1) is 89.9. The van der Waals surface area contributed by atoms with E-state index >= 15 is 0 Å². The SMILES string of the molecule is CC1=C(C)C(=O)C(CCCC[C@H](CC(=O)[C@@H]2CCCN2C(=O)[C@H](/C=C/[C@@H](C)CC(C)C)Cc2ccccc2)C(=O)NC(C)C)=CC1=O.CC1=C(C)C(=O)C(CCCOC(=O)CCCCC[C@H](NC(=O)[C@@H]2CCCN2C(=O)[C@H](/C=C/[C@H](CC(C)C)NC(=O)OC(C)(C)C)Cc2ccccc2)C(=O)NC(C)C)=CC1=O. The van der Waals surface area contributed by atoms with Gasteiger partial charge in [-0.25, -0.2) is 4.79 Å². The van der Waals surface area contributed by atoms with Crippen LogP contribution in [0.5, 0.6) is 0 Å². The zero-order valence-corrected chi connectivity index (χ0v) is 67.5. The van der Waals surface area contributed by atoms with Crippen LogP contribution in [0, 0.1) is 35.5 Å². The second-order valence-electron chi connectivity index (χ2n) is 32.4. The van der Waals surface area contributed by atoms with Gasteiger partial charge in [-0.2, -0.15) is 0 Å². The molecule has 0 aromatic heterocycles. The summed E-state index contributed by atoms with van der Waals surface area (Å²) in [6.07, 6.45) is 20.5. The van der Waals surface area contributed by atoms with E-state index in [-0.39, 0.29) is 114 Å². The van der Waals surface area contributed by atoms with E-state index in [1.54, 1.807) is 58.3 Å². The summed E-state index contributed by atoms with van der Waals surface area (Å²) in [5, 5.41) is 11.8. The number of nitrogens with one attached hydrogen (secondary N) is 4. The molecule has 2 fully saturated rings. The number of Topliss-reactive ketones (excluding diaryl/α,β-unsaturated/α-hetero) is 3. The molecule has 4 N–H and O–H groups in total. The van der Waals surface area contributed by atoms with E-state index < -0.39 is 41.7 Å². The quantitative estimate of drug-likeness (QED) is 0.0210. The number of likely N-dealkylation sites (tertiary alicyclic amines) is 2. The van der Waals surface area contributed by atoms with Gasteiger partial charge in [-0.1, -0.05) is 139 Å². The Bertz CT molecular complexity index is 3630. The number of allylic oxidation sites excluding steroid dienone is 9. The van der Waals surface area contributed by atoms with Crippen molar-refractivity contribution in [3.63, 3.8) is 0 Å². The number of esters is 1. The van der Waals surface area contributed by atoms with Crippen LogP contribution < -0.4 is 21.3 Å². The van der Waals surface area contributed by atoms with E-state index in [0.29, 0.717) is 161 Å². The van der Waals surface area contributed by atoms with Crippen LogP contribution in [-0.2, 0) is 75.1 Å². The lowest BCUT2D eigenvalue weighted by Crippen LogP contribution is -2.54. The van der Waals surface area contributed by atoms with Crippen LogP contribution in [0.1, 0.15) is 237 Å². The van der Waals surface area contributed by atoms with Crippen molar-refractivity contribution in [1.82, 2.24) is 31.1 Å². The lowest BCUT2D eigenvalue weighted by Gasteiger charge is -2.29. The molecule has 0 saturated carbocycles. The van der Waals surface area contributed by atoms with Crippen LogP contribution in [0.4, 0.5) is 4.79 Å². The Labute approximate surface area is 643 Å². The summed E-state index contributed by atoms with van der Waals surface area (Å²) >= 11 is 0. The van der Waals surface area contributed by atoms with Gasteiger partial charge >= 0.3 is 12.1 Å². The third-order valence-electron chi connectivity index (χ3n) is 20.0. The Morgan fingerprint density at radius 2 is 1.03 bits per heavy atom. The molecule has 0 unspecified atom stereocenters. The molecule has 6 amide bonds. The van der Waals surface area contributed by atoms with Gasteiger partial charge in [0.1, 0.15) is 17.7 Å². The fraction of sp³-hybridized carbons (Fsp3) is 0.591. The number of rotatable bonds is 39. The number of hydrogen-bond acceptors (Lipinski definition) is 14. The first-order valence-corrected chi connectivity index (χ1v) is 39.6. The fourth-order valence-corrected chi connectivity index (χ4v) is 14.2. The summed E-state index contributed by atoms with van der Waals surface area (Å²) < 4.78 is 10.9. The second-order valence-corrected chi connectivity index (χ2v) is 32.4. The number of ether oxygens (including phenoxy) is 2. The number of benzene rings is 2. The standard InChI is InChI=1S/C48H70N4O9.C40H56N2O5/c1-31(2)28-38(50-47(59)61-48(7,8)9)25-24-37(29-35-18-12-10-13-19-35)46(58)52-26-16-22-40(52)45(57)51-39(44(56)49-32(3)4)21-14-11-15-23-42(54)60-27-17-20-36-30-41(53)33(5)34(6)43(36)55;1-26(2)22-28(5)19-20-34(23-31-14-9-8-10-15-31)40(47)42-21-13-18-35(42)37(44)25-33(39(46)41-27(3)4)17-12-11-16-32-24-36(43)29(6)30(7)38(32)45/h10,12-13,18-19,24-25,30-32,37-40H,11,14-17,20-23,26-29H2,1-9H3,(H,49,56)(H,50,59)(H,51,57);8-10,14-15,19-20,24,26-28,33-35H,11-13,16-18,21-23,25H2,1-7H3,(H,41,46)/b25-24+;20-19+/t37-,38-,39+,40+;28-,33-,34-,35+/m11/s1. The number of amides is 6. The Hall–Kier alpha value is -8.68. The smallest absolute Gasteiger partial charge is 0.408 e. The topological polar surface area (TPSA) is 278 Å². The summed E-state index contributed by atoms with van der Waals surface area (Å²) in [5.74, 6) is -2.42. The molecule has 2 aliphatic heterocycles. The van der Waals surface area contributed by atoms with Gasteiger partial charge in [-0.05, 0) is 214 Å². The van der Waals surface area contributed by atoms with Gasteiger partial charge in [0.2, 0.25) is 29.5 Å². The third-order valence-corrected chi connectivity index (χ3v) is 20.0. The molecule has 2 heterocycles. The molecule has 20 heteroatoms. The van der Waals surface area contributed by atoms with E-state index in [2.05, 4.69) is 62.0 Å². The number of carbonyl (C=O) groups is 12. The molecule has 108 heavy (non-hydrogen) atoms. The van der Waals surface area contributed by atoms with E-state index in [1.807, 2.05) is 107 Å². The minimum absolute atomic E-state index is 0.0274. The van der Waals surface area contributed by atoms with Crippen molar-refractivity contribution in [1.29, 1.82) is 0 Å². The minimum atomic E-state index is -0.832. The molecule has 0 spiro atoms. The maximum Gasteiger partial charge on any atom is 0.408 e. The van der Waals surface area contributed by atoms with Gasteiger partial charge < -0.3 is 40.5 Å². The molecule has 4 aliphatic rings. The minimum Gasteiger partial charge on any atom is -0.466 e. The van der Waals surface area contributed by atoms with Gasteiger partial charge in [-0.3, -0.25) is 52.7 Å². The zero-order valence-electron chi connectivity index (χ0n) is 67.5. The Morgan fingerprint density at radius 3 is 1.55 bits per heavy atom. The number of carbonyl (C=O) groups excluding carboxylic acids is 12. The molecule has 6 rings (SSSR count). The highest BCUT2D eigenvalue weighted by atomic mass is 16.6. The van der Waals surface area contributed by atoms with E-state index in [1.165, 1.54) is 12.2 Å². The van der Waals surface area contributed by atoms with Gasteiger partial charge in [0.05, 0.1) is 30.5 Å². The van der Waals surface area contributed by atoms with Crippen LogP contribution in [0.25, 0.3) is 0 Å². The van der Waals surface area contributed by atoms with Gasteiger partial charge in [0.15, 0.2) is 28.9 Å². The number of nitrogens with zero attached hydrogens (tertiary/aromatic N) is 2. The molecule has 2 aliphatic carbocycles.